The number of hydrogen-bond acceptors (Lipinski definition) is 3. The molecule has 0 aromatic heterocycles. The van der Waals surface area contributed by atoms with Crippen LogP contribution in [0.25, 0.3) is 0 Å². The van der Waals surface area contributed by atoms with E-state index in [9.17, 15) is 4.79 Å². The van der Waals surface area contributed by atoms with Crippen molar-refractivity contribution in [3.63, 3.8) is 0 Å². The molecule has 0 aliphatic rings. The highest BCUT2D eigenvalue weighted by Gasteiger charge is 2.04. The van der Waals surface area contributed by atoms with Gasteiger partial charge in [-0.15, -0.1) is 0 Å². The fraction of sp³-hybridized carbons (Fsp3) is 0.176. The molecule has 2 aromatic carbocycles. The second-order valence-electron chi connectivity index (χ2n) is 4.86. The van der Waals surface area contributed by atoms with Gasteiger partial charge >= 0.3 is 5.97 Å². The summed E-state index contributed by atoms with van der Waals surface area (Å²) in [5.41, 5.74) is 3.71. The molecule has 0 fully saturated rings. The van der Waals surface area contributed by atoms with Crippen LogP contribution < -0.4 is 10.6 Å². The molecular formula is C17H18N2O2S. The molecule has 2 rings (SSSR count). The maximum absolute atomic E-state index is 11.3. The minimum absolute atomic E-state index is 0.355. The first-order valence-corrected chi connectivity index (χ1v) is 7.28. The summed E-state index contributed by atoms with van der Waals surface area (Å²) in [6.07, 6.45) is 0. The second kappa shape index (κ2) is 7.56. The lowest BCUT2D eigenvalue weighted by Crippen LogP contribution is -2.27. The summed E-state index contributed by atoms with van der Waals surface area (Å²) in [6.45, 7) is 2.72. The van der Waals surface area contributed by atoms with Gasteiger partial charge in [-0.25, -0.2) is 4.79 Å². The predicted octanol–water partition coefficient (Wildman–Crippen LogP) is 3.27. The summed E-state index contributed by atoms with van der Waals surface area (Å²) in [7, 11) is 1.36. The third-order valence-electron chi connectivity index (χ3n) is 3.14. The van der Waals surface area contributed by atoms with Gasteiger partial charge in [0, 0.05) is 12.2 Å². The standard InChI is InChI=1S/C17H18N2O2S/c1-12-3-5-13(6-4-12)11-18-17(22)19-15-9-7-14(8-10-15)16(20)21-2/h3-10H,11H2,1-2H3,(H2,18,19,22). The van der Waals surface area contributed by atoms with Crippen LogP contribution in [0, 0.1) is 6.92 Å². The minimum Gasteiger partial charge on any atom is -0.465 e. The molecule has 0 heterocycles. The maximum Gasteiger partial charge on any atom is 0.337 e. The Morgan fingerprint density at radius 2 is 1.73 bits per heavy atom. The molecule has 0 saturated heterocycles. The number of anilines is 1. The Hall–Kier alpha value is -2.40. The van der Waals surface area contributed by atoms with Crippen molar-refractivity contribution in [2.24, 2.45) is 0 Å². The van der Waals surface area contributed by atoms with Crippen LogP contribution in [0.4, 0.5) is 5.69 Å². The van der Waals surface area contributed by atoms with E-state index >= 15 is 0 Å². The SMILES string of the molecule is COC(=O)c1ccc(NC(=S)NCc2ccc(C)cc2)cc1. The molecule has 4 nitrogen and oxygen atoms in total. The van der Waals surface area contributed by atoms with Gasteiger partial charge in [0.1, 0.15) is 0 Å². The molecule has 0 amide bonds. The monoisotopic (exact) mass is 314 g/mol. The normalized spacial score (nSPS) is 9.91. The summed E-state index contributed by atoms with van der Waals surface area (Å²) >= 11 is 5.25. The zero-order valence-electron chi connectivity index (χ0n) is 12.6. The van der Waals surface area contributed by atoms with Gasteiger partial charge in [0.15, 0.2) is 5.11 Å². The second-order valence-corrected chi connectivity index (χ2v) is 5.27. The molecule has 0 aliphatic carbocycles. The van der Waals surface area contributed by atoms with E-state index in [1.165, 1.54) is 12.7 Å². The van der Waals surface area contributed by atoms with Crippen molar-refractivity contribution in [3.05, 3.63) is 65.2 Å². The molecule has 5 heteroatoms. The van der Waals surface area contributed by atoms with Crippen LogP contribution in [-0.4, -0.2) is 18.2 Å². The van der Waals surface area contributed by atoms with Crippen molar-refractivity contribution in [2.45, 2.75) is 13.5 Å². The van der Waals surface area contributed by atoms with E-state index in [4.69, 9.17) is 12.2 Å². The van der Waals surface area contributed by atoms with E-state index in [1.54, 1.807) is 24.3 Å². The topological polar surface area (TPSA) is 50.4 Å². The van der Waals surface area contributed by atoms with E-state index in [0.717, 1.165) is 11.3 Å². The number of benzene rings is 2. The van der Waals surface area contributed by atoms with Crippen LogP contribution >= 0.6 is 12.2 Å². The molecule has 0 atom stereocenters. The van der Waals surface area contributed by atoms with E-state index < -0.39 is 0 Å². The van der Waals surface area contributed by atoms with Gasteiger partial charge < -0.3 is 15.4 Å². The lowest BCUT2D eigenvalue weighted by atomic mass is 10.1. The van der Waals surface area contributed by atoms with E-state index in [0.29, 0.717) is 17.2 Å². The maximum atomic E-state index is 11.3. The largest absolute Gasteiger partial charge is 0.465 e. The summed E-state index contributed by atoms with van der Waals surface area (Å²) in [5, 5.41) is 6.75. The molecule has 0 aliphatic heterocycles. The number of ether oxygens (including phenoxy) is 1. The quantitative estimate of drug-likeness (QED) is 0.670. The number of rotatable bonds is 4. The number of methoxy groups -OCH3 is 1. The van der Waals surface area contributed by atoms with E-state index in [2.05, 4.69) is 46.6 Å². The van der Waals surface area contributed by atoms with Gasteiger partial charge in [-0.2, -0.15) is 0 Å². The van der Waals surface area contributed by atoms with Crippen LogP contribution in [0.15, 0.2) is 48.5 Å². The average Bonchev–Trinajstić information content (AvgIpc) is 2.54. The molecule has 0 bridgehead atoms. The number of aryl methyl sites for hydroxylation is 1. The molecular weight excluding hydrogens is 296 g/mol. The first-order valence-electron chi connectivity index (χ1n) is 6.87. The molecule has 0 spiro atoms. The third-order valence-corrected chi connectivity index (χ3v) is 3.38. The van der Waals surface area contributed by atoms with Gasteiger partial charge in [-0.05, 0) is 49.0 Å². The number of hydrogen-bond donors (Lipinski definition) is 2. The number of thiocarbonyl (C=S) groups is 1. The van der Waals surface area contributed by atoms with Gasteiger partial charge in [0.2, 0.25) is 0 Å². The molecule has 22 heavy (non-hydrogen) atoms. The van der Waals surface area contributed by atoms with Crippen LogP contribution in [-0.2, 0) is 11.3 Å². The Morgan fingerprint density at radius 1 is 1.09 bits per heavy atom. The van der Waals surface area contributed by atoms with Crippen LogP contribution in [0.1, 0.15) is 21.5 Å². The third kappa shape index (κ3) is 4.56. The van der Waals surface area contributed by atoms with Crippen molar-refractivity contribution in [2.75, 3.05) is 12.4 Å². The molecule has 0 saturated carbocycles. The average molecular weight is 314 g/mol. The fourth-order valence-electron chi connectivity index (χ4n) is 1.87. The zero-order valence-corrected chi connectivity index (χ0v) is 13.4. The summed E-state index contributed by atoms with van der Waals surface area (Å²) in [6, 6.07) is 15.2. The van der Waals surface area contributed by atoms with Crippen molar-refractivity contribution in [1.29, 1.82) is 0 Å². The molecule has 2 N–H and O–H groups in total. The first-order chi connectivity index (χ1) is 10.6. The van der Waals surface area contributed by atoms with Crippen LogP contribution in [0.3, 0.4) is 0 Å². The van der Waals surface area contributed by atoms with Gasteiger partial charge in [0.05, 0.1) is 12.7 Å². The number of nitrogens with one attached hydrogen (secondary N) is 2. The molecule has 2 aromatic rings. The van der Waals surface area contributed by atoms with Crippen molar-refractivity contribution >= 4 is 29.0 Å². The number of carbonyl (C=O) groups excluding carboxylic acids is 1. The van der Waals surface area contributed by atoms with Gasteiger partial charge in [-0.1, -0.05) is 29.8 Å². The highest BCUT2D eigenvalue weighted by Crippen LogP contribution is 2.10. The Morgan fingerprint density at radius 3 is 2.32 bits per heavy atom. The van der Waals surface area contributed by atoms with Crippen LogP contribution in [0.5, 0.6) is 0 Å². The van der Waals surface area contributed by atoms with Crippen molar-refractivity contribution in [1.82, 2.24) is 5.32 Å². The van der Waals surface area contributed by atoms with E-state index in [-0.39, 0.29) is 5.97 Å². The Kier molecular flexibility index (Phi) is 5.49. The molecule has 114 valence electrons. The number of esters is 1. The lowest BCUT2D eigenvalue weighted by Gasteiger charge is -2.11. The minimum atomic E-state index is -0.355. The highest BCUT2D eigenvalue weighted by atomic mass is 32.1. The number of carbonyl (C=O) groups is 1. The fourth-order valence-corrected chi connectivity index (χ4v) is 2.06. The van der Waals surface area contributed by atoms with E-state index in [1.807, 2.05) is 0 Å². The Labute approximate surface area is 135 Å². The van der Waals surface area contributed by atoms with Crippen molar-refractivity contribution in [3.8, 4) is 0 Å². The van der Waals surface area contributed by atoms with Gasteiger partial charge in [-0.3, -0.25) is 0 Å². The molecule has 0 unspecified atom stereocenters. The Balaban J connectivity index is 1.86. The summed E-state index contributed by atoms with van der Waals surface area (Å²) < 4.78 is 4.66. The van der Waals surface area contributed by atoms with Gasteiger partial charge in [0.25, 0.3) is 0 Å². The predicted molar refractivity (Wildman–Crippen MR) is 92.0 cm³/mol. The van der Waals surface area contributed by atoms with Crippen molar-refractivity contribution < 1.29 is 9.53 Å². The Bertz CT molecular complexity index is 651. The lowest BCUT2D eigenvalue weighted by molar-refractivity contribution is 0.0601. The molecule has 0 radical (unpaired) electrons. The zero-order chi connectivity index (χ0) is 15.9. The smallest absolute Gasteiger partial charge is 0.337 e. The summed E-state index contributed by atoms with van der Waals surface area (Å²) in [4.78, 5) is 11.3. The van der Waals surface area contributed by atoms with Crippen LogP contribution in [0.2, 0.25) is 0 Å². The summed E-state index contributed by atoms with van der Waals surface area (Å²) in [5.74, 6) is -0.355. The highest BCUT2D eigenvalue weighted by molar-refractivity contribution is 7.80. The first kappa shape index (κ1) is 16.0.